The van der Waals surface area contributed by atoms with E-state index in [4.69, 9.17) is 9.47 Å². The van der Waals surface area contributed by atoms with E-state index in [1.807, 2.05) is 0 Å². The summed E-state index contributed by atoms with van der Waals surface area (Å²) < 4.78 is 12.3. The Hall–Kier alpha value is -0.240. The molecule has 0 radical (unpaired) electrons. The average molecular weight is 565 g/mol. The Kier molecular flexibility index (Phi) is 8.86. The second-order valence-electron chi connectivity index (χ2n) is 16.2. The van der Waals surface area contributed by atoms with Gasteiger partial charge in [0.1, 0.15) is 24.9 Å². The molecular weight excluding hydrogens is 504 g/mol. The molecule has 5 fully saturated rings. The lowest BCUT2D eigenvalue weighted by atomic mass is 9.43. The van der Waals surface area contributed by atoms with Crippen LogP contribution >= 0.6 is 0 Å². The highest BCUT2D eigenvalue weighted by atomic mass is 16.7. The predicted molar refractivity (Wildman–Crippen MR) is 156 cm³/mol. The summed E-state index contributed by atoms with van der Waals surface area (Å²) in [6.45, 7) is 13.6. The van der Waals surface area contributed by atoms with Crippen molar-refractivity contribution in [1.82, 2.24) is 0 Å². The van der Waals surface area contributed by atoms with Crippen LogP contribution in [-0.2, 0) is 9.47 Å². The lowest BCUT2D eigenvalue weighted by Gasteiger charge is -2.63. The number of hydrogen-bond donors (Lipinski definition) is 4. The van der Waals surface area contributed by atoms with Crippen molar-refractivity contribution in [2.45, 2.75) is 148 Å². The van der Waals surface area contributed by atoms with Crippen molar-refractivity contribution >= 4 is 0 Å². The van der Waals surface area contributed by atoms with Gasteiger partial charge in [-0.3, -0.25) is 0 Å². The molecule has 1 heterocycles. The molecule has 4 N–H and O–H groups in total. The molecule has 0 spiro atoms. The molecule has 0 aromatic carbocycles. The fourth-order valence-electron chi connectivity index (χ4n) is 11.2. The number of rotatable bonds is 9. The standard InChI is InChI=1S/C34H60O6/c1-21(2)8-7-9-22(3)25-12-13-26-24-11-10-23-18-31(4,16-17-32(23,5)27(24)14-15-33(25,26)6)40-34(20-36)30(38)29(37)28(19-35)39-34/h21-30,35-38H,7-20H2,1-6H3/t22-,23-,24+,25-,26+,27+,28+,29+,30-,31-,32+,33-,34-/m1/s1. The van der Waals surface area contributed by atoms with E-state index in [0.717, 1.165) is 54.8 Å². The van der Waals surface area contributed by atoms with Crippen LogP contribution in [0.1, 0.15) is 119 Å². The topological polar surface area (TPSA) is 99.4 Å². The minimum Gasteiger partial charge on any atom is -0.394 e. The summed E-state index contributed by atoms with van der Waals surface area (Å²) in [6, 6.07) is 0. The number of hydrogen-bond acceptors (Lipinski definition) is 6. The number of fused-ring (bicyclic) bond motifs is 5. The first kappa shape index (κ1) is 31.2. The third-order valence-corrected chi connectivity index (χ3v) is 13.5. The summed E-state index contributed by atoms with van der Waals surface area (Å²) in [7, 11) is 0. The Morgan fingerprint density at radius 3 is 2.23 bits per heavy atom. The van der Waals surface area contributed by atoms with Gasteiger partial charge < -0.3 is 29.9 Å². The van der Waals surface area contributed by atoms with Crippen LogP contribution < -0.4 is 0 Å². The van der Waals surface area contributed by atoms with Crippen molar-refractivity contribution in [2.24, 2.45) is 52.3 Å². The van der Waals surface area contributed by atoms with Gasteiger partial charge in [-0.15, -0.1) is 0 Å². The average Bonchev–Trinajstić information content (AvgIpc) is 3.38. The summed E-state index contributed by atoms with van der Waals surface area (Å²) >= 11 is 0. The molecule has 0 amide bonds. The molecule has 6 nitrogen and oxygen atoms in total. The van der Waals surface area contributed by atoms with Gasteiger partial charge in [-0.05, 0) is 117 Å². The highest BCUT2D eigenvalue weighted by molar-refractivity contribution is 5.11. The van der Waals surface area contributed by atoms with E-state index in [1.54, 1.807) is 0 Å². The zero-order valence-corrected chi connectivity index (χ0v) is 26.3. The third kappa shape index (κ3) is 5.13. The summed E-state index contributed by atoms with van der Waals surface area (Å²) in [5, 5.41) is 41.0. The fourth-order valence-corrected chi connectivity index (χ4v) is 11.2. The Balaban J connectivity index is 1.26. The molecular formula is C34H60O6. The molecule has 0 unspecified atom stereocenters. The second-order valence-corrected chi connectivity index (χ2v) is 16.2. The van der Waals surface area contributed by atoms with E-state index in [9.17, 15) is 20.4 Å². The maximum Gasteiger partial charge on any atom is 0.222 e. The van der Waals surface area contributed by atoms with Crippen LogP contribution in [-0.4, -0.2) is 63.3 Å². The molecule has 1 aliphatic heterocycles. The first-order chi connectivity index (χ1) is 18.8. The number of aliphatic hydroxyl groups excluding tert-OH is 4. The Bertz CT molecular complexity index is 880. The molecule has 1 saturated heterocycles. The summed E-state index contributed by atoms with van der Waals surface area (Å²) in [5.74, 6) is 3.84. The minimum absolute atomic E-state index is 0.294. The van der Waals surface area contributed by atoms with Crippen molar-refractivity contribution in [3.05, 3.63) is 0 Å². The maximum atomic E-state index is 10.8. The van der Waals surface area contributed by atoms with Crippen molar-refractivity contribution in [1.29, 1.82) is 0 Å². The van der Waals surface area contributed by atoms with E-state index >= 15 is 0 Å². The van der Waals surface area contributed by atoms with Crippen LogP contribution in [0.15, 0.2) is 0 Å². The normalized spacial score (nSPS) is 51.4. The minimum atomic E-state index is -1.69. The SMILES string of the molecule is CC(C)CCC[C@@H](C)[C@H]1CC[C@H]2[C@@H]3CC[C@@H]4C[C@](C)(O[C@@]5(CO)O[C@@H](CO)[C@H](O)[C@H]5O)CC[C@]4(C)[C@H]3CC[C@]12C. The van der Waals surface area contributed by atoms with Gasteiger partial charge in [-0.25, -0.2) is 0 Å². The van der Waals surface area contributed by atoms with Crippen LogP contribution in [0.5, 0.6) is 0 Å². The molecule has 0 aromatic rings. The molecule has 5 aliphatic rings. The highest BCUT2D eigenvalue weighted by Gasteiger charge is 2.63. The van der Waals surface area contributed by atoms with Crippen molar-refractivity contribution < 1.29 is 29.9 Å². The second kappa shape index (κ2) is 11.4. The Morgan fingerprint density at radius 2 is 1.57 bits per heavy atom. The lowest BCUT2D eigenvalue weighted by molar-refractivity contribution is -0.329. The molecule has 232 valence electrons. The molecule has 4 aliphatic carbocycles. The number of aliphatic hydroxyl groups is 4. The zero-order valence-electron chi connectivity index (χ0n) is 26.3. The highest BCUT2D eigenvalue weighted by Crippen LogP contribution is 2.69. The van der Waals surface area contributed by atoms with Gasteiger partial charge in [0.25, 0.3) is 0 Å². The maximum absolute atomic E-state index is 10.8. The van der Waals surface area contributed by atoms with Gasteiger partial charge in [0.15, 0.2) is 0 Å². The van der Waals surface area contributed by atoms with Crippen LogP contribution in [0, 0.1) is 52.3 Å². The van der Waals surface area contributed by atoms with E-state index < -0.39 is 42.9 Å². The van der Waals surface area contributed by atoms with Crippen molar-refractivity contribution in [3.8, 4) is 0 Å². The summed E-state index contributed by atoms with van der Waals surface area (Å²) in [5.41, 5.74) is 0.238. The van der Waals surface area contributed by atoms with Crippen molar-refractivity contribution in [3.63, 3.8) is 0 Å². The monoisotopic (exact) mass is 564 g/mol. The lowest BCUT2D eigenvalue weighted by Crippen LogP contribution is -2.59. The predicted octanol–water partition coefficient (Wildman–Crippen LogP) is 5.68. The zero-order chi connectivity index (χ0) is 29.1. The first-order valence-corrected chi connectivity index (χ1v) is 16.8. The molecule has 13 atom stereocenters. The smallest absolute Gasteiger partial charge is 0.222 e. The fraction of sp³-hybridized carbons (Fsp3) is 1.00. The molecule has 4 saturated carbocycles. The van der Waals surface area contributed by atoms with Crippen LogP contribution in [0.25, 0.3) is 0 Å². The Labute approximate surface area is 243 Å². The molecule has 5 rings (SSSR count). The van der Waals surface area contributed by atoms with Gasteiger partial charge >= 0.3 is 0 Å². The molecule has 6 heteroatoms. The van der Waals surface area contributed by atoms with Gasteiger partial charge in [0, 0.05) is 0 Å². The van der Waals surface area contributed by atoms with Crippen LogP contribution in [0.3, 0.4) is 0 Å². The number of ether oxygens (including phenoxy) is 2. The molecule has 40 heavy (non-hydrogen) atoms. The van der Waals surface area contributed by atoms with Crippen molar-refractivity contribution in [2.75, 3.05) is 13.2 Å². The van der Waals surface area contributed by atoms with Gasteiger partial charge in [-0.1, -0.05) is 53.9 Å². The quantitative estimate of drug-likeness (QED) is 0.287. The van der Waals surface area contributed by atoms with E-state index in [1.165, 1.54) is 57.8 Å². The summed E-state index contributed by atoms with van der Waals surface area (Å²) in [4.78, 5) is 0. The van der Waals surface area contributed by atoms with E-state index in [-0.39, 0.29) is 0 Å². The summed E-state index contributed by atoms with van der Waals surface area (Å²) in [6.07, 6.45) is 11.4. The largest absolute Gasteiger partial charge is 0.394 e. The van der Waals surface area contributed by atoms with Crippen LogP contribution in [0.4, 0.5) is 0 Å². The Morgan fingerprint density at radius 1 is 0.850 bits per heavy atom. The molecule has 0 aromatic heterocycles. The van der Waals surface area contributed by atoms with Gasteiger partial charge in [0.2, 0.25) is 5.79 Å². The van der Waals surface area contributed by atoms with Gasteiger partial charge in [-0.2, -0.15) is 0 Å². The van der Waals surface area contributed by atoms with E-state index in [2.05, 4.69) is 41.5 Å². The third-order valence-electron chi connectivity index (χ3n) is 13.5. The van der Waals surface area contributed by atoms with E-state index in [0.29, 0.717) is 16.7 Å². The first-order valence-electron chi connectivity index (χ1n) is 16.8. The van der Waals surface area contributed by atoms with Gasteiger partial charge in [0.05, 0.1) is 12.2 Å². The van der Waals surface area contributed by atoms with Crippen LogP contribution in [0.2, 0.25) is 0 Å². The molecule has 0 bridgehead atoms.